The van der Waals surface area contributed by atoms with Gasteiger partial charge >= 0.3 is 0 Å². The van der Waals surface area contributed by atoms with Crippen LogP contribution < -0.4 is 5.32 Å². The van der Waals surface area contributed by atoms with Crippen molar-refractivity contribution in [1.82, 2.24) is 14.9 Å². The highest BCUT2D eigenvalue weighted by molar-refractivity contribution is 7.99. The summed E-state index contributed by atoms with van der Waals surface area (Å²) >= 11 is 1.39. The van der Waals surface area contributed by atoms with Crippen molar-refractivity contribution in [3.05, 3.63) is 11.9 Å². The van der Waals surface area contributed by atoms with Crippen molar-refractivity contribution >= 4 is 17.7 Å². The Hall–Kier alpha value is -1.01. The maximum atomic E-state index is 11.9. The molecule has 1 aromatic rings. The molecule has 120 valence electrons. The molecule has 1 amide bonds. The second-order valence-electron chi connectivity index (χ2n) is 5.83. The Kier molecular flexibility index (Phi) is 7.82. The Morgan fingerprint density at radius 2 is 2.14 bits per heavy atom. The number of aliphatic hydroxyl groups excluding tert-OH is 1. The molecular weight excluding hydrogens is 286 g/mol. The van der Waals surface area contributed by atoms with E-state index in [1.165, 1.54) is 18.2 Å². The second kappa shape index (κ2) is 9.10. The summed E-state index contributed by atoms with van der Waals surface area (Å²) in [6.07, 6.45) is 5.00. The van der Waals surface area contributed by atoms with Crippen molar-refractivity contribution in [2.45, 2.75) is 57.8 Å². The van der Waals surface area contributed by atoms with Gasteiger partial charge in [0, 0.05) is 13.1 Å². The molecule has 0 aliphatic carbocycles. The molecule has 0 spiro atoms. The van der Waals surface area contributed by atoms with Crippen molar-refractivity contribution in [2.24, 2.45) is 13.0 Å². The Morgan fingerprint density at radius 3 is 2.71 bits per heavy atom. The monoisotopic (exact) mass is 313 g/mol. The van der Waals surface area contributed by atoms with Crippen LogP contribution >= 0.6 is 11.8 Å². The number of nitrogens with zero attached hydrogens (tertiary/aromatic N) is 2. The van der Waals surface area contributed by atoms with E-state index in [-0.39, 0.29) is 18.6 Å². The lowest BCUT2D eigenvalue weighted by molar-refractivity contribution is -0.119. The molecule has 0 saturated heterocycles. The van der Waals surface area contributed by atoms with E-state index in [4.69, 9.17) is 5.11 Å². The van der Waals surface area contributed by atoms with Crippen molar-refractivity contribution in [1.29, 1.82) is 0 Å². The first-order valence-corrected chi connectivity index (χ1v) is 8.46. The number of carbonyl (C=O) groups excluding carboxylic acids is 1. The molecule has 0 radical (unpaired) electrons. The summed E-state index contributed by atoms with van der Waals surface area (Å²) in [6, 6.07) is 0.214. The highest BCUT2D eigenvalue weighted by Crippen LogP contribution is 2.17. The molecular formula is C15H27N3O2S. The number of aliphatic hydroxyl groups is 1. The van der Waals surface area contributed by atoms with Crippen LogP contribution in [0.5, 0.6) is 0 Å². The van der Waals surface area contributed by atoms with E-state index >= 15 is 0 Å². The Labute approximate surface area is 131 Å². The van der Waals surface area contributed by atoms with Gasteiger partial charge in [0.2, 0.25) is 5.91 Å². The summed E-state index contributed by atoms with van der Waals surface area (Å²) in [7, 11) is 1.84. The zero-order chi connectivity index (χ0) is 15.8. The third-order valence-electron chi connectivity index (χ3n) is 3.36. The predicted molar refractivity (Wildman–Crippen MR) is 86.1 cm³/mol. The first-order valence-electron chi connectivity index (χ1n) is 7.47. The molecule has 0 bridgehead atoms. The van der Waals surface area contributed by atoms with Gasteiger partial charge in [0.15, 0.2) is 5.16 Å². The van der Waals surface area contributed by atoms with Crippen LogP contribution in [0.25, 0.3) is 0 Å². The van der Waals surface area contributed by atoms with Crippen LogP contribution in [-0.2, 0) is 18.4 Å². The number of hydrogen-bond acceptors (Lipinski definition) is 4. The molecule has 1 aromatic heterocycles. The summed E-state index contributed by atoms with van der Waals surface area (Å²) in [4.78, 5) is 16.1. The van der Waals surface area contributed by atoms with Crippen LogP contribution in [0.4, 0.5) is 0 Å². The lowest BCUT2D eigenvalue weighted by Crippen LogP contribution is -2.33. The topological polar surface area (TPSA) is 67.2 Å². The standard InChI is InChI=1S/C15H27N3O2S/c1-11(2)6-5-7-12(3)17-14(20)10-21-15-16-8-13(9-19)18(15)4/h8,11-12,19H,5-7,9-10H2,1-4H3,(H,17,20). The number of amides is 1. The first-order chi connectivity index (χ1) is 9.93. The summed E-state index contributed by atoms with van der Waals surface area (Å²) in [5, 5.41) is 12.9. The second-order valence-corrected chi connectivity index (χ2v) is 6.77. The van der Waals surface area contributed by atoms with Gasteiger partial charge < -0.3 is 15.0 Å². The number of hydrogen-bond donors (Lipinski definition) is 2. The summed E-state index contributed by atoms with van der Waals surface area (Å²) in [5.41, 5.74) is 0.750. The third-order valence-corrected chi connectivity index (χ3v) is 4.41. The molecule has 0 aliphatic rings. The highest BCUT2D eigenvalue weighted by Gasteiger charge is 2.11. The largest absolute Gasteiger partial charge is 0.390 e. The first kappa shape index (κ1) is 18.0. The molecule has 21 heavy (non-hydrogen) atoms. The maximum absolute atomic E-state index is 11.9. The Bertz CT molecular complexity index is 446. The molecule has 0 aromatic carbocycles. The van der Waals surface area contributed by atoms with E-state index in [1.807, 2.05) is 18.5 Å². The fourth-order valence-electron chi connectivity index (χ4n) is 2.06. The minimum Gasteiger partial charge on any atom is -0.390 e. The number of rotatable bonds is 9. The average molecular weight is 313 g/mol. The predicted octanol–water partition coefficient (Wildman–Crippen LogP) is 2.34. The van der Waals surface area contributed by atoms with Gasteiger partial charge in [0.25, 0.3) is 0 Å². The smallest absolute Gasteiger partial charge is 0.230 e. The van der Waals surface area contributed by atoms with E-state index < -0.39 is 0 Å². The van der Waals surface area contributed by atoms with Gasteiger partial charge in [-0.25, -0.2) is 4.98 Å². The van der Waals surface area contributed by atoms with Crippen molar-refractivity contribution in [3.8, 4) is 0 Å². The average Bonchev–Trinajstić information content (AvgIpc) is 2.76. The number of aromatic nitrogens is 2. The molecule has 0 aliphatic heterocycles. The van der Waals surface area contributed by atoms with E-state index in [1.54, 1.807) is 6.20 Å². The van der Waals surface area contributed by atoms with E-state index in [0.29, 0.717) is 11.7 Å². The van der Waals surface area contributed by atoms with Crippen molar-refractivity contribution < 1.29 is 9.90 Å². The molecule has 0 fully saturated rings. The molecule has 2 N–H and O–H groups in total. The molecule has 1 heterocycles. The maximum Gasteiger partial charge on any atom is 0.230 e. The van der Waals surface area contributed by atoms with Crippen LogP contribution in [0.2, 0.25) is 0 Å². The zero-order valence-electron chi connectivity index (χ0n) is 13.4. The number of thioether (sulfide) groups is 1. The quantitative estimate of drug-likeness (QED) is 0.687. The van der Waals surface area contributed by atoms with Gasteiger partial charge in [-0.1, -0.05) is 38.5 Å². The lowest BCUT2D eigenvalue weighted by atomic mass is 10.0. The Balaban J connectivity index is 2.28. The lowest BCUT2D eigenvalue weighted by Gasteiger charge is -2.14. The van der Waals surface area contributed by atoms with Crippen LogP contribution in [0.15, 0.2) is 11.4 Å². The molecule has 1 rings (SSSR count). The van der Waals surface area contributed by atoms with E-state index in [2.05, 4.69) is 24.1 Å². The molecule has 6 heteroatoms. The SMILES string of the molecule is CC(C)CCCC(C)NC(=O)CSc1ncc(CO)n1C. The van der Waals surface area contributed by atoms with E-state index in [9.17, 15) is 4.79 Å². The molecule has 0 saturated carbocycles. The number of imidazole rings is 1. The Morgan fingerprint density at radius 1 is 1.43 bits per heavy atom. The summed E-state index contributed by atoms with van der Waals surface area (Å²) in [6.45, 7) is 6.44. The zero-order valence-corrected chi connectivity index (χ0v) is 14.2. The van der Waals surface area contributed by atoms with Crippen LogP contribution in [0, 0.1) is 5.92 Å². The number of carbonyl (C=O) groups is 1. The summed E-state index contributed by atoms with van der Waals surface area (Å²) < 4.78 is 1.81. The fraction of sp³-hybridized carbons (Fsp3) is 0.733. The van der Waals surface area contributed by atoms with Crippen LogP contribution in [0.3, 0.4) is 0 Å². The van der Waals surface area contributed by atoms with E-state index in [0.717, 1.165) is 23.7 Å². The molecule has 1 unspecified atom stereocenters. The highest BCUT2D eigenvalue weighted by atomic mass is 32.2. The molecule has 1 atom stereocenters. The summed E-state index contributed by atoms with van der Waals surface area (Å²) in [5.74, 6) is 1.10. The van der Waals surface area contributed by atoms with Crippen molar-refractivity contribution in [3.63, 3.8) is 0 Å². The minimum absolute atomic E-state index is 0.0330. The van der Waals surface area contributed by atoms with Gasteiger partial charge in [0.05, 0.1) is 24.3 Å². The van der Waals surface area contributed by atoms with Gasteiger partial charge in [0.1, 0.15) is 0 Å². The van der Waals surface area contributed by atoms with Crippen molar-refractivity contribution in [2.75, 3.05) is 5.75 Å². The van der Waals surface area contributed by atoms with Crippen LogP contribution in [-0.4, -0.2) is 32.4 Å². The van der Waals surface area contributed by atoms with Gasteiger partial charge in [-0.2, -0.15) is 0 Å². The fourth-order valence-corrected chi connectivity index (χ4v) is 2.84. The normalized spacial score (nSPS) is 12.7. The van der Waals surface area contributed by atoms with Crippen LogP contribution in [0.1, 0.15) is 45.7 Å². The molecule has 5 nitrogen and oxygen atoms in total. The van der Waals surface area contributed by atoms with Gasteiger partial charge in [-0.05, 0) is 19.3 Å². The van der Waals surface area contributed by atoms with Gasteiger partial charge in [-0.3, -0.25) is 4.79 Å². The third kappa shape index (κ3) is 6.52. The number of nitrogens with one attached hydrogen (secondary N) is 1. The van der Waals surface area contributed by atoms with Gasteiger partial charge in [-0.15, -0.1) is 0 Å². The minimum atomic E-state index is -0.0385.